The number of sulfone groups is 1. The molecule has 3 rings (SSSR count). The summed E-state index contributed by atoms with van der Waals surface area (Å²) in [4.78, 5) is 12.4. The minimum absolute atomic E-state index is 0.162. The minimum Gasteiger partial charge on any atom is -0.497 e. The highest BCUT2D eigenvalue weighted by Gasteiger charge is 2.20. The van der Waals surface area contributed by atoms with E-state index < -0.39 is 9.84 Å². The first-order valence-corrected chi connectivity index (χ1v) is 10.6. The number of rotatable bonds is 7. The number of nitrogens with one attached hydrogen (secondary N) is 1. The molecule has 0 saturated carbocycles. The van der Waals surface area contributed by atoms with Crippen LogP contribution in [-0.4, -0.2) is 32.3 Å². The van der Waals surface area contributed by atoms with Gasteiger partial charge in [0.25, 0.3) is 0 Å². The number of benzene rings is 2. The van der Waals surface area contributed by atoms with Crippen molar-refractivity contribution in [1.82, 2.24) is 5.16 Å². The molecule has 7 nitrogen and oxygen atoms in total. The van der Waals surface area contributed by atoms with Crippen molar-refractivity contribution in [1.29, 1.82) is 0 Å². The summed E-state index contributed by atoms with van der Waals surface area (Å²) < 4.78 is 36.0. The zero-order chi connectivity index (χ0) is 21.0. The Hall–Kier alpha value is -3.13. The van der Waals surface area contributed by atoms with Gasteiger partial charge in [-0.15, -0.1) is 0 Å². The molecular formula is C21H22N2O5S. The standard InChI is InChI=1S/C21H22N2O5S/c1-14-7-8-16(19-11-15(2)23-28-19)12-20(14)29(25,26)10-9-21(24)22-17-5-4-6-18(13-17)27-3/h4-8,11-13H,9-10H2,1-3H3,(H,22,24). The molecule has 0 spiro atoms. The van der Waals surface area contributed by atoms with Crippen LogP contribution < -0.4 is 10.1 Å². The molecule has 0 radical (unpaired) electrons. The number of aryl methyl sites for hydroxylation is 2. The van der Waals surface area contributed by atoms with Crippen molar-refractivity contribution >= 4 is 21.4 Å². The second-order valence-corrected chi connectivity index (χ2v) is 8.74. The van der Waals surface area contributed by atoms with Gasteiger partial charge in [0.15, 0.2) is 15.6 Å². The van der Waals surface area contributed by atoms with E-state index in [0.717, 1.165) is 0 Å². The third-order valence-electron chi connectivity index (χ3n) is 4.39. The molecule has 29 heavy (non-hydrogen) atoms. The normalized spacial score (nSPS) is 11.3. The van der Waals surface area contributed by atoms with Gasteiger partial charge in [0.05, 0.1) is 23.5 Å². The summed E-state index contributed by atoms with van der Waals surface area (Å²) in [5, 5.41) is 6.52. The highest BCUT2D eigenvalue weighted by atomic mass is 32.2. The van der Waals surface area contributed by atoms with E-state index in [9.17, 15) is 13.2 Å². The van der Waals surface area contributed by atoms with E-state index in [0.29, 0.717) is 34.0 Å². The molecular weight excluding hydrogens is 392 g/mol. The molecule has 2 aromatic carbocycles. The van der Waals surface area contributed by atoms with Gasteiger partial charge in [-0.3, -0.25) is 4.79 Å². The van der Waals surface area contributed by atoms with Crippen LogP contribution in [-0.2, 0) is 14.6 Å². The number of aromatic nitrogens is 1. The topological polar surface area (TPSA) is 98.5 Å². The van der Waals surface area contributed by atoms with Gasteiger partial charge in [-0.05, 0) is 37.6 Å². The number of carbonyl (C=O) groups excluding carboxylic acids is 1. The predicted molar refractivity (Wildman–Crippen MR) is 110 cm³/mol. The molecule has 0 bridgehead atoms. The molecule has 8 heteroatoms. The van der Waals surface area contributed by atoms with Crippen LogP contribution in [0.5, 0.6) is 5.75 Å². The summed E-state index contributed by atoms with van der Waals surface area (Å²) in [6.45, 7) is 3.51. The second kappa shape index (κ2) is 8.48. The van der Waals surface area contributed by atoms with Gasteiger partial charge in [0.1, 0.15) is 5.75 Å². The summed E-state index contributed by atoms with van der Waals surface area (Å²) in [5.41, 5.74) is 2.48. The fourth-order valence-corrected chi connectivity index (χ4v) is 4.39. The Morgan fingerprint density at radius 2 is 1.93 bits per heavy atom. The highest BCUT2D eigenvalue weighted by molar-refractivity contribution is 7.91. The Morgan fingerprint density at radius 3 is 2.62 bits per heavy atom. The first kappa shape index (κ1) is 20.6. The Labute approximate surface area is 169 Å². The molecule has 0 fully saturated rings. The van der Waals surface area contributed by atoms with Crippen LogP contribution in [0.2, 0.25) is 0 Å². The summed E-state index contributed by atoms with van der Waals surface area (Å²) in [5.74, 6) is 0.407. The Morgan fingerprint density at radius 1 is 1.14 bits per heavy atom. The maximum Gasteiger partial charge on any atom is 0.225 e. The van der Waals surface area contributed by atoms with Crippen LogP contribution in [0, 0.1) is 13.8 Å². The zero-order valence-corrected chi connectivity index (χ0v) is 17.2. The molecule has 0 saturated heterocycles. The van der Waals surface area contributed by atoms with Crippen molar-refractivity contribution in [3.8, 4) is 17.1 Å². The van der Waals surface area contributed by atoms with Gasteiger partial charge in [-0.25, -0.2) is 8.42 Å². The van der Waals surface area contributed by atoms with Crippen LogP contribution >= 0.6 is 0 Å². The van der Waals surface area contributed by atoms with Crippen molar-refractivity contribution in [2.45, 2.75) is 25.2 Å². The summed E-state index contributed by atoms with van der Waals surface area (Å²) in [6, 6.07) is 13.7. The van der Waals surface area contributed by atoms with Crippen LogP contribution in [0.1, 0.15) is 17.7 Å². The molecule has 0 aliphatic carbocycles. The summed E-state index contributed by atoms with van der Waals surface area (Å²) >= 11 is 0. The van der Waals surface area contributed by atoms with Crippen LogP contribution in [0.3, 0.4) is 0 Å². The number of amides is 1. The van der Waals surface area contributed by atoms with Crippen LogP contribution in [0.25, 0.3) is 11.3 Å². The molecule has 1 amide bonds. The zero-order valence-electron chi connectivity index (χ0n) is 16.4. The first-order valence-electron chi connectivity index (χ1n) is 8.99. The Bertz CT molecular complexity index is 1140. The maximum absolute atomic E-state index is 12.9. The number of hydrogen-bond donors (Lipinski definition) is 1. The minimum atomic E-state index is -3.66. The van der Waals surface area contributed by atoms with Gasteiger partial charge in [-0.1, -0.05) is 23.4 Å². The van der Waals surface area contributed by atoms with Crippen molar-refractivity contribution in [2.24, 2.45) is 0 Å². The van der Waals surface area contributed by atoms with Crippen molar-refractivity contribution < 1.29 is 22.5 Å². The molecule has 0 atom stereocenters. The van der Waals surface area contributed by atoms with E-state index in [1.54, 1.807) is 62.4 Å². The number of ether oxygens (including phenoxy) is 1. The lowest BCUT2D eigenvalue weighted by atomic mass is 10.1. The van der Waals surface area contributed by atoms with Crippen molar-refractivity contribution in [3.05, 3.63) is 59.8 Å². The third-order valence-corrected chi connectivity index (χ3v) is 6.24. The van der Waals surface area contributed by atoms with Gasteiger partial charge in [-0.2, -0.15) is 0 Å². The molecule has 152 valence electrons. The fraction of sp³-hybridized carbons (Fsp3) is 0.238. The van der Waals surface area contributed by atoms with E-state index >= 15 is 0 Å². The number of anilines is 1. The third kappa shape index (κ3) is 5.03. The molecule has 1 aromatic heterocycles. The smallest absolute Gasteiger partial charge is 0.225 e. The molecule has 0 unspecified atom stereocenters. The Kier molecular flexibility index (Phi) is 6.03. The molecule has 1 N–H and O–H groups in total. The van der Waals surface area contributed by atoms with E-state index in [2.05, 4.69) is 10.5 Å². The van der Waals surface area contributed by atoms with E-state index in [1.165, 1.54) is 7.11 Å². The quantitative estimate of drug-likeness (QED) is 0.632. The number of hydrogen-bond acceptors (Lipinski definition) is 6. The van der Waals surface area contributed by atoms with Gasteiger partial charge in [0, 0.05) is 29.8 Å². The Balaban J connectivity index is 1.73. The lowest BCUT2D eigenvalue weighted by molar-refractivity contribution is -0.115. The van der Waals surface area contributed by atoms with Crippen LogP contribution in [0.4, 0.5) is 5.69 Å². The molecule has 1 heterocycles. The second-order valence-electron chi connectivity index (χ2n) is 6.66. The van der Waals surface area contributed by atoms with Gasteiger partial charge >= 0.3 is 0 Å². The lowest BCUT2D eigenvalue weighted by Crippen LogP contribution is -2.18. The van der Waals surface area contributed by atoms with E-state index in [4.69, 9.17) is 9.26 Å². The monoisotopic (exact) mass is 414 g/mol. The van der Waals surface area contributed by atoms with E-state index in [-0.39, 0.29) is 23.0 Å². The summed E-state index contributed by atoms with van der Waals surface area (Å²) in [7, 11) is -2.13. The van der Waals surface area contributed by atoms with Crippen LogP contribution in [0.15, 0.2) is 57.9 Å². The predicted octanol–water partition coefficient (Wildman–Crippen LogP) is 3.77. The number of nitrogens with zero attached hydrogens (tertiary/aromatic N) is 1. The lowest BCUT2D eigenvalue weighted by Gasteiger charge is -2.10. The van der Waals surface area contributed by atoms with Crippen molar-refractivity contribution in [2.75, 3.05) is 18.2 Å². The van der Waals surface area contributed by atoms with Gasteiger partial charge in [0.2, 0.25) is 5.91 Å². The molecule has 0 aliphatic rings. The van der Waals surface area contributed by atoms with Gasteiger partial charge < -0.3 is 14.6 Å². The largest absolute Gasteiger partial charge is 0.497 e. The number of carbonyl (C=O) groups is 1. The summed E-state index contributed by atoms with van der Waals surface area (Å²) in [6.07, 6.45) is -0.162. The molecule has 3 aromatic rings. The highest BCUT2D eigenvalue weighted by Crippen LogP contribution is 2.27. The SMILES string of the molecule is COc1cccc(NC(=O)CCS(=O)(=O)c2cc(-c3cc(C)no3)ccc2C)c1. The average molecular weight is 414 g/mol. The van der Waals surface area contributed by atoms with Crippen molar-refractivity contribution in [3.63, 3.8) is 0 Å². The average Bonchev–Trinajstić information content (AvgIpc) is 3.13. The number of methoxy groups -OCH3 is 1. The molecule has 0 aliphatic heterocycles. The maximum atomic E-state index is 12.9. The fourth-order valence-electron chi connectivity index (χ4n) is 2.85. The first-order chi connectivity index (χ1) is 13.8. The van der Waals surface area contributed by atoms with E-state index in [1.807, 2.05) is 0 Å².